The molecule has 5 rings (SSSR count). The molecule has 2 aromatic heterocycles. The molecule has 0 saturated carbocycles. The van der Waals surface area contributed by atoms with Crippen molar-refractivity contribution in [2.45, 2.75) is 90.2 Å². The van der Waals surface area contributed by atoms with Gasteiger partial charge in [-0.3, -0.25) is 9.59 Å². The monoisotopic (exact) mass is 761 g/mol. The summed E-state index contributed by atoms with van der Waals surface area (Å²) in [6.07, 6.45) is 8.08. The first-order chi connectivity index (χ1) is 26.4. The molecule has 10 heteroatoms. The van der Waals surface area contributed by atoms with Crippen LogP contribution >= 0.6 is 11.3 Å². The van der Waals surface area contributed by atoms with Gasteiger partial charge in [0.05, 0.1) is 11.5 Å². The number of aliphatic hydroxyl groups is 1. The highest BCUT2D eigenvalue weighted by atomic mass is 32.1. The lowest BCUT2D eigenvalue weighted by atomic mass is 9.91. The van der Waals surface area contributed by atoms with Crippen molar-refractivity contribution in [2.24, 2.45) is 5.92 Å². The van der Waals surface area contributed by atoms with Crippen LogP contribution in [0.25, 0.3) is 22.5 Å². The van der Waals surface area contributed by atoms with E-state index >= 15 is 0 Å². The first kappa shape index (κ1) is 41.0. The van der Waals surface area contributed by atoms with Gasteiger partial charge < -0.3 is 20.3 Å². The molecular formula is C45H51N3O6S. The third kappa shape index (κ3) is 11.7. The van der Waals surface area contributed by atoms with Gasteiger partial charge in [0.1, 0.15) is 11.9 Å². The number of carbonyl (C=O) groups is 3. The number of carboxylic acid groups (broad SMARTS) is 1. The van der Waals surface area contributed by atoms with Crippen molar-refractivity contribution < 1.29 is 29.3 Å². The van der Waals surface area contributed by atoms with E-state index in [1.165, 1.54) is 37.0 Å². The van der Waals surface area contributed by atoms with Gasteiger partial charge in [0, 0.05) is 40.7 Å². The normalized spacial score (nSPS) is 13.1. The van der Waals surface area contributed by atoms with E-state index in [1.54, 1.807) is 48.8 Å². The van der Waals surface area contributed by atoms with E-state index in [4.69, 9.17) is 4.74 Å². The number of carbonyl (C=O) groups excluding carboxylic acids is 2. The SMILES string of the molecule is CCCCCCCOc1ccc(-c2cnc(-c3ccc(C[C@H](CC(=O)c4ccc(C(C)(C)C)s4)C(=O)N[C@@H](C(=O)O)[C@@H](O)c4ccccc4)cc3)nc2)cc1. The summed E-state index contributed by atoms with van der Waals surface area (Å²) in [7, 11) is 0. The fraction of sp³-hybridized carbons (Fsp3) is 0.356. The van der Waals surface area contributed by atoms with Gasteiger partial charge in [0.15, 0.2) is 17.6 Å². The first-order valence-corrected chi connectivity index (χ1v) is 19.8. The van der Waals surface area contributed by atoms with E-state index in [-0.39, 0.29) is 24.0 Å². The highest BCUT2D eigenvalue weighted by Gasteiger charge is 2.33. The maximum Gasteiger partial charge on any atom is 0.329 e. The van der Waals surface area contributed by atoms with Crippen LogP contribution in [-0.4, -0.2) is 50.5 Å². The summed E-state index contributed by atoms with van der Waals surface area (Å²) in [6, 6.07) is 25.8. The molecule has 3 N–H and O–H groups in total. The maximum atomic E-state index is 13.8. The Bertz CT molecular complexity index is 1990. The Morgan fingerprint density at radius 1 is 0.800 bits per heavy atom. The highest BCUT2D eigenvalue weighted by molar-refractivity contribution is 7.14. The molecule has 2 heterocycles. The van der Waals surface area contributed by atoms with E-state index in [0.29, 0.717) is 22.9 Å². The molecule has 0 unspecified atom stereocenters. The van der Waals surface area contributed by atoms with Crippen LogP contribution in [0.1, 0.15) is 98.0 Å². The second-order valence-electron chi connectivity index (χ2n) is 14.9. The Morgan fingerprint density at radius 2 is 1.45 bits per heavy atom. The van der Waals surface area contributed by atoms with Crippen LogP contribution in [0.3, 0.4) is 0 Å². The van der Waals surface area contributed by atoms with Crippen LogP contribution in [0.4, 0.5) is 0 Å². The number of hydrogen-bond acceptors (Lipinski definition) is 8. The first-order valence-electron chi connectivity index (χ1n) is 19.0. The van der Waals surface area contributed by atoms with E-state index in [2.05, 4.69) is 43.0 Å². The molecule has 55 heavy (non-hydrogen) atoms. The Labute approximate surface area is 327 Å². The Morgan fingerprint density at radius 3 is 2.07 bits per heavy atom. The molecule has 288 valence electrons. The molecule has 1 amide bonds. The van der Waals surface area contributed by atoms with Crippen LogP contribution in [0.2, 0.25) is 0 Å². The van der Waals surface area contributed by atoms with Crippen molar-refractivity contribution in [2.75, 3.05) is 6.61 Å². The number of unbranched alkanes of at least 4 members (excludes halogenated alkanes) is 4. The molecule has 0 aliphatic carbocycles. The third-order valence-electron chi connectivity index (χ3n) is 9.49. The van der Waals surface area contributed by atoms with Crippen molar-refractivity contribution in [3.05, 3.63) is 124 Å². The second-order valence-corrected chi connectivity index (χ2v) is 16.0. The quantitative estimate of drug-likeness (QED) is 0.0559. The van der Waals surface area contributed by atoms with E-state index in [9.17, 15) is 24.6 Å². The fourth-order valence-corrected chi connectivity index (χ4v) is 7.21. The lowest BCUT2D eigenvalue weighted by Gasteiger charge is -2.24. The van der Waals surface area contributed by atoms with Gasteiger partial charge in [-0.2, -0.15) is 0 Å². The summed E-state index contributed by atoms with van der Waals surface area (Å²) in [4.78, 5) is 50.5. The molecule has 0 aliphatic rings. The number of nitrogens with zero attached hydrogens (tertiary/aromatic N) is 2. The minimum Gasteiger partial charge on any atom is -0.494 e. The number of ether oxygens (including phenoxy) is 1. The van der Waals surface area contributed by atoms with Crippen LogP contribution < -0.4 is 10.1 Å². The van der Waals surface area contributed by atoms with Crippen LogP contribution in [0.15, 0.2) is 103 Å². The number of nitrogens with one attached hydrogen (secondary N) is 1. The van der Waals surface area contributed by atoms with Gasteiger partial charge in [-0.15, -0.1) is 11.3 Å². The van der Waals surface area contributed by atoms with Crippen LogP contribution in [0, 0.1) is 5.92 Å². The minimum atomic E-state index is -1.61. The predicted molar refractivity (Wildman–Crippen MR) is 217 cm³/mol. The maximum absolute atomic E-state index is 13.8. The lowest BCUT2D eigenvalue weighted by molar-refractivity contribution is -0.146. The average molecular weight is 762 g/mol. The van der Waals surface area contributed by atoms with Gasteiger partial charge in [-0.25, -0.2) is 14.8 Å². The number of aliphatic hydroxyl groups excluding tert-OH is 1. The Hall–Kier alpha value is -5.19. The van der Waals surface area contributed by atoms with Gasteiger partial charge in [-0.1, -0.05) is 120 Å². The summed E-state index contributed by atoms with van der Waals surface area (Å²) >= 11 is 1.40. The Balaban J connectivity index is 1.27. The summed E-state index contributed by atoms with van der Waals surface area (Å²) in [6.45, 7) is 9.14. The predicted octanol–water partition coefficient (Wildman–Crippen LogP) is 9.25. The lowest BCUT2D eigenvalue weighted by Crippen LogP contribution is -2.47. The molecular weight excluding hydrogens is 711 g/mol. The minimum absolute atomic E-state index is 0.137. The number of rotatable bonds is 19. The fourth-order valence-electron chi connectivity index (χ4n) is 6.20. The van der Waals surface area contributed by atoms with Crippen molar-refractivity contribution in [3.8, 4) is 28.3 Å². The summed E-state index contributed by atoms with van der Waals surface area (Å²) in [5, 5.41) is 23.4. The molecule has 0 saturated heterocycles. The molecule has 3 aromatic carbocycles. The zero-order chi connectivity index (χ0) is 39.4. The second kappa shape index (κ2) is 19.4. The number of Topliss-reactive ketones (excluding diaryl/α,β-unsaturated/α-hetero) is 1. The van der Waals surface area contributed by atoms with Crippen molar-refractivity contribution in [1.29, 1.82) is 0 Å². The van der Waals surface area contributed by atoms with E-state index in [1.807, 2.05) is 54.6 Å². The average Bonchev–Trinajstić information content (AvgIpc) is 3.71. The van der Waals surface area contributed by atoms with Crippen LogP contribution in [-0.2, 0) is 21.4 Å². The van der Waals surface area contributed by atoms with Gasteiger partial charge in [0.25, 0.3) is 0 Å². The van der Waals surface area contributed by atoms with E-state index in [0.717, 1.165) is 39.3 Å². The van der Waals surface area contributed by atoms with Gasteiger partial charge in [-0.05, 0) is 59.2 Å². The molecule has 0 radical (unpaired) electrons. The van der Waals surface area contributed by atoms with Crippen molar-refractivity contribution in [3.63, 3.8) is 0 Å². The molecule has 0 fully saturated rings. The summed E-state index contributed by atoms with van der Waals surface area (Å²) in [5.41, 5.74) is 3.63. The Kier molecular flexibility index (Phi) is 14.5. The topological polar surface area (TPSA) is 139 Å². The zero-order valence-corrected chi connectivity index (χ0v) is 32.9. The van der Waals surface area contributed by atoms with Crippen molar-refractivity contribution >= 4 is 29.0 Å². The zero-order valence-electron chi connectivity index (χ0n) is 32.0. The number of thiophene rings is 1. The van der Waals surface area contributed by atoms with Crippen LogP contribution in [0.5, 0.6) is 5.75 Å². The molecule has 0 spiro atoms. The molecule has 5 aromatic rings. The molecule has 9 nitrogen and oxygen atoms in total. The number of aliphatic carboxylic acids is 1. The number of hydrogen-bond donors (Lipinski definition) is 3. The summed E-state index contributed by atoms with van der Waals surface area (Å²) < 4.78 is 5.90. The molecule has 0 aliphatic heterocycles. The number of aromatic nitrogens is 2. The number of carboxylic acids is 1. The van der Waals surface area contributed by atoms with Crippen molar-refractivity contribution in [1.82, 2.24) is 15.3 Å². The number of amides is 1. The molecule has 0 bridgehead atoms. The standard InChI is InChI=1S/C45H51N3O6S/c1-5-6-7-8-12-25-54-36-21-19-31(20-22-36)35-28-46-42(47-29-35)33-17-15-30(16-18-33)26-34(27-37(49)38-23-24-39(55-38)45(2,3)4)43(51)48-40(44(52)53)41(50)32-13-10-9-11-14-32/h9-11,13-24,28-29,34,40-41,50H,5-8,12,25-27H2,1-4H3,(H,48,51)(H,52,53)/t34-,40-,41+/m1/s1. The highest BCUT2D eigenvalue weighted by Crippen LogP contribution is 2.31. The summed E-state index contributed by atoms with van der Waals surface area (Å²) in [5.74, 6) is -1.74. The number of benzene rings is 3. The van der Waals surface area contributed by atoms with Gasteiger partial charge in [0.2, 0.25) is 5.91 Å². The smallest absolute Gasteiger partial charge is 0.329 e. The largest absolute Gasteiger partial charge is 0.494 e. The van der Waals surface area contributed by atoms with Gasteiger partial charge >= 0.3 is 5.97 Å². The van der Waals surface area contributed by atoms with E-state index < -0.39 is 29.9 Å². The third-order valence-corrected chi connectivity index (χ3v) is 11.0. The molecule has 3 atom stereocenters. The number of ketones is 1.